The van der Waals surface area contributed by atoms with Crippen molar-refractivity contribution < 1.29 is 9.59 Å². The third kappa shape index (κ3) is 3.32. The number of para-hydroxylation sites is 1. The molecule has 28 heavy (non-hydrogen) atoms. The number of hydrogen-bond acceptors (Lipinski definition) is 5. The first kappa shape index (κ1) is 17.4. The molecule has 2 amide bonds. The van der Waals surface area contributed by atoms with Crippen LogP contribution in [0.4, 0.5) is 0 Å². The van der Waals surface area contributed by atoms with Crippen molar-refractivity contribution in [1.29, 1.82) is 0 Å². The molecule has 0 bridgehead atoms. The summed E-state index contributed by atoms with van der Waals surface area (Å²) in [6.45, 7) is 0.0471. The molecule has 0 unspecified atom stereocenters. The Morgan fingerprint density at radius 1 is 1.00 bits per heavy atom. The maximum absolute atomic E-state index is 12.3. The van der Waals surface area contributed by atoms with Crippen molar-refractivity contribution in [1.82, 2.24) is 30.8 Å². The molecule has 4 aromatic rings. The van der Waals surface area contributed by atoms with Crippen LogP contribution in [0.25, 0.3) is 21.8 Å². The van der Waals surface area contributed by atoms with E-state index in [1.165, 1.54) is 0 Å². The van der Waals surface area contributed by atoms with Gasteiger partial charge in [0.05, 0.1) is 17.5 Å². The van der Waals surface area contributed by atoms with Crippen LogP contribution in [-0.2, 0) is 11.3 Å². The van der Waals surface area contributed by atoms with Gasteiger partial charge in [-0.1, -0.05) is 35.5 Å². The van der Waals surface area contributed by atoms with E-state index < -0.39 is 11.8 Å². The summed E-state index contributed by atoms with van der Waals surface area (Å²) in [5, 5.41) is 8.99. The van der Waals surface area contributed by atoms with Crippen LogP contribution in [0, 0.1) is 0 Å². The Hall–Kier alpha value is -4.01. The number of carbonyl (C=O) groups is 2. The summed E-state index contributed by atoms with van der Waals surface area (Å²) in [4.78, 5) is 39.6. The summed E-state index contributed by atoms with van der Waals surface area (Å²) in [5.41, 5.74) is 6.15. The minimum Gasteiger partial charge on any atom is -0.360 e. The van der Waals surface area contributed by atoms with Crippen LogP contribution in [0.15, 0.2) is 59.5 Å². The Kier molecular flexibility index (Phi) is 4.55. The smallest absolute Gasteiger partial charge is 0.277 e. The molecule has 0 atom stereocenters. The number of aromatic amines is 1. The summed E-state index contributed by atoms with van der Waals surface area (Å²) in [6, 6.07) is 14.2. The van der Waals surface area contributed by atoms with Gasteiger partial charge >= 0.3 is 0 Å². The van der Waals surface area contributed by atoms with Gasteiger partial charge in [0.1, 0.15) is 5.52 Å². The van der Waals surface area contributed by atoms with E-state index in [0.717, 1.165) is 15.6 Å². The minimum absolute atomic E-state index is 0.0406. The maximum atomic E-state index is 12.3. The van der Waals surface area contributed by atoms with Gasteiger partial charge in [0.25, 0.3) is 11.5 Å². The second kappa shape index (κ2) is 7.31. The minimum atomic E-state index is -0.449. The Balaban J connectivity index is 1.37. The van der Waals surface area contributed by atoms with E-state index in [9.17, 15) is 14.4 Å². The topological polar surface area (TPSA) is 122 Å². The average Bonchev–Trinajstić information content (AvgIpc) is 3.16. The van der Waals surface area contributed by atoms with Gasteiger partial charge in [-0.25, -0.2) is 4.68 Å². The number of nitrogens with zero attached hydrogens (tertiary/aromatic N) is 3. The summed E-state index contributed by atoms with van der Waals surface area (Å²) in [6.07, 6.45) is 1.54. The Morgan fingerprint density at radius 2 is 1.75 bits per heavy atom. The summed E-state index contributed by atoms with van der Waals surface area (Å²) in [5.74, 6) is -0.886. The lowest BCUT2D eigenvalue weighted by atomic mass is 10.2. The monoisotopic (exact) mass is 376 g/mol. The molecule has 2 aromatic carbocycles. The van der Waals surface area contributed by atoms with Crippen LogP contribution < -0.4 is 16.4 Å². The number of benzene rings is 2. The quantitative estimate of drug-likeness (QED) is 0.461. The number of amides is 2. The standard InChI is InChI=1S/C19H16N6O3/c26-17(9-10-25-19(28)13-6-2-4-8-16(13)21-24-25)22-23-18(27)14-11-20-15-7-3-1-5-12(14)15/h1-8,11,20H,9-10H2,(H,22,26)(H,23,27). The zero-order valence-electron chi connectivity index (χ0n) is 14.7. The number of hydrazine groups is 1. The van der Waals surface area contributed by atoms with Gasteiger partial charge < -0.3 is 4.98 Å². The lowest BCUT2D eigenvalue weighted by Crippen LogP contribution is -2.42. The van der Waals surface area contributed by atoms with Crippen molar-refractivity contribution in [3.63, 3.8) is 0 Å². The summed E-state index contributed by atoms with van der Waals surface area (Å²) in [7, 11) is 0. The zero-order valence-corrected chi connectivity index (χ0v) is 14.7. The Morgan fingerprint density at radius 3 is 2.61 bits per heavy atom. The number of rotatable bonds is 4. The largest absolute Gasteiger partial charge is 0.360 e. The van der Waals surface area contributed by atoms with Crippen molar-refractivity contribution in [3.8, 4) is 0 Å². The highest BCUT2D eigenvalue weighted by Crippen LogP contribution is 2.17. The molecule has 2 heterocycles. The van der Waals surface area contributed by atoms with Crippen molar-refractivity contribution in [2.24, 2.45) is 0 Å². The SMILES string of the molecule is O=C(CCn1nnc2ccccc2c1=O)NNC(=O)c1c[nH]c2ccccc12. The fraction of sp³-hybridized carbons (Fsp3) is 0.105. The van der Waals surface area contributed by atoms with E-state index in [0.29, 0.717) is 16.5 Å². The number of fused-ring (bicyclic) bond motifs is 2. The normalized spacial score (nSPS) is 10.9. The maximum Gasteiger partial charge on any atom is 0.277 e. The summed E-state index contributed by atoms with van der Waals surface area (Å²) >= 11 is 0. The predicted molar refractivity (Wildman–Crippen MR) is 102 cm³/mol. The first-order chi connectivity index (χ1) is 13.6. The molecule has 2 aromatic heterocycles. The highest BCUT2D eigenvalue weighted by Gasteiger charge is 2.13. The zero-order chi connectivity index (χ0) is 19.5. The molecule has 9 heteroatoms. The van der Waals surface area contributed by atoms with E-state index in [1.54, 1.807) is 30.5 Å². The first-order valence-corrected chi connectivity index (χ1v) is 8.61. The van der Waals surface area contributed by atoms with Crippen LogP contribution in [0.2, 0.25) is 0 Å². The van der Waals surface area contributed by atoms with Crippen LogP contribution in [-0.4, -0.2) is 31.8 Å². The Bertz CT molecular complexity index is 1240. The van der Waals surface area contributed by atoms with Gasteiger partial charge in [-0.2, -0.15) is 0 Å². The van der Waals surface area contributed by atoms with Crippen LogP contribution in [0.3, 0.4) is 0 Å². The molecule has 0 saturated carbocycles. The predicted octanol–water partition coefficient (Wildman–Crippen LogP) is 1.12. The lowest BCUT2D eigenvalue weighted by molar-refractivity contribution is -0.122. The second-order valence-corrected chi connectivity index (χ2v) is 6.14. The molecule has 0 fully saturated rings. The first-order valence-electron chi connectivity index (χ1n) is 8.61. The average molecular weight is 376 g/mol. The number of H-pyrrole nitrogens is 1. The van der Waals surface area contributed by atoms with Crippen LogP contribution in [0.1, 0.15) is 16.8 Å². The molecule has 0 aliphatic rings. The van der Waals surface area contributed by atoms with E-state index in [-0.39, 0.29) is 18.5 Å². The van der Waals surface area contributed by atoms with Gasteiger partial charge in [0.15, 0.2) is 0 Å². The fourth-order valence-corrected chi connectivity index (χ4v) is 2.89. The molecule has 9 nitrogen and oxygen atoms in total. The molecule has 0 saturated heterocycles. The van der Waals surface area contributed by atoms with E-state index in [2.05, 4.69) is 26.1 Å². The lowest BCUT2D eigenvalue weighted by Gasteiger charge is -2.08. The molecule has 0 spiro atoms. The van der Waals surface area contributed by atoms with Gasteiger partial charge in [-0.05, 0) is 18.2 Å². The third-order valence-electron chi connectivity index (χ3n) is 4.33. The van der Waals surface area contributed by atoms with Crippen molar-refractivity contribution >= 4 is 33.6 Å². The van der Waals surface area contributed by atoms with Crippen LogP contribution >= 0.6 is 0 Å². The van der Waals surface area contributed by atoms with Gasteiger partial charge in [-0.15, -0.1) is 5.10 Å². The van der Waals surface area contributed by atoms with Gasteiger partial charge in [-0.3, -0.25) is 25.2 Å². The molecule has 4 rings (SSSR count). The van der Waals surface area contributed by atoms with Gasteiger partial charge in [0.2, 0.25) is 5.91 Å². The second-order valence-electron chi connectivity index (χ2n) is 6.14. The van der Waals surface area contributed by atoms with E-state index in [4.69, 9.17) is 0 Å². The number of carbonyl (C=O) groups excluding carboxylic acids is 2. The number of nitrogens with one attached hydrogen (secondary N) is 3. The van der Waals surface area contributed by atoms with Crippen molar-refractivity contribution in [2.75, 3.05) is 0 Å². The number of hydrogen-bond donors (Lipinski definition) is 3. The highest BCUT2D eigenvalue weighted by molar-refractivity contribution is 6.07. The van der Waals surface area contributed by atoms with Crippen molar-refractivity contribution in [2.45, 2.75) is 13.0 Å². The molecule has 3 N–H and O–H groups in total. The highest BCUT2D eigenvalue weighted by atomic mass is 16.2. The number of aromatic nitrogens is 4. The van der Waals surface area contributed by atoms with Crippen molar-refractivity contribution in [3.05, 3.63) is 70.6 Å². The third-order valence-corrected chi connectivity index (χ3v) is 4.33. The van der Waals surface area contributed by atoms with Crippen LogP contribution in [0.5, 0.6) is 0 Å². The summed E-state index contributed by atoms with van der Waals surface area (Å²) < 4.78 is 1.13. The van der Waals surface area contributed by atoms with Gasteiger partial charge in [0, 0.05) is 23.5 Å². The Labute approximate surface area is 158 Å². The molecule has 0 radical (unpaired) electrons. The molecule has 0 aliphatic heterocycles. The molecular weight excluding hydrogens is 360 g/mol. The fourth-order valence-electron chi connectivity index (χ4n) is 2.89. The van der Waals surface area contributed by atoms with E-state index >= 15 is 0 Å². The molecule has 140 valence electrons. The molecular formula is C19H16N6O3. The van der Waals surface area contributed by atoms with E-state index in [1.807, 2.05) is 24.3 Å². The molecule has 0 aliphatic carbocycles. The number of aryl methyl sites for hydroxylation is 1.